The molecule has 0 unspecified atom stereocenters. The largest absolute Gasteiger partial charge is 0.493 e. The molecule has 0 aliphatic carbocycles. The van der Waals surface area contributed by atoms with Crippen LogP contribution in [0.4, 0.5) is 0 Å². The summed E-state index contributed by atoms with van der Waals surface area (Å²) in [6, 6.07) is 5.55. The molecule has 2 atom stereocenters. The third kappa shape index (κ3) is 2.76. The highest BCUT2D eigenvalue weighted by Gasteiger charge is 2.52. The number of ether oxygens (including phenoxy) is 1. The second-order valence-electron chi connectivity index (χ2n) is 7.84. The highest BCUT2D eigenvalue weighted by Crippen LogP contribution is 2.42. The lowest BCUT2D eigenvalue weighted by atomic mass is 9.68. The summed E-state index contributed by atoms with van der Waals surface area (Å²) in [6.07, 6.45) is 4.04. The van der Waals surface area contributed by atoms with Crippen LogP contribution in [0.1, 0.15) is 41.6 Å². The second-order valence-corrected chi connectivity index (χ2v) is 7.84. The van der Waals surface area contributed by atoms with Crippen molar-refractivity contribution >= 4 is 11.9 Å². The molecular weight excluding hydrogens is 332 g/mol. The Bertz CT molecular complexity index is 735. The molecule has 3 aliphatic rings. The first-order valence-corrected chi connectivity index (χ1v) is 9.50. The van der Waals surface area contributed by atoms with Gasteiger partial charge in [0.05, 0.1) is 12.0 Å². The molecule has 4 rings (SSSR count). The van der Waals surface area contributed by atoms with Crippen LogP contribution in [0.25, 0.3) is 0 Å². The average Bonchev–Trinajstić information content (AvgIpc) is 2.67. The molecule has 2 fully saturated rings. The minimum Gasteiger partial charge on any atom is -0.493 e. The number of aliphatic carboxylic acids is 1. The zero-order chi connectivity index (χ0) is 18.3. The van der Waals surface area contributed by atoms with E-state index in [9.17, 15) is 14.7 Å². The number of likely N-dealkylation sites (tertiary alicyclic amines) is 2. The summed E-state index contributed by atoms with van der Waals surface area (Å²) in [5, 5.41) is 9.87. The van der Waals surface area contributed by atoms with Crippen molar-refractivity contribution in [3.8, 4) is 5.75 Å². The maximum atomic E-state index is 13.1. The van der Waals surface area contributed by atoms with Gasteiger partial charge < -0.3 is 19.6 Å². The number of fused-ring (bicyclic) bond motifs is 2. The van der Waals surface area contributed by atoms with Crippen LogP contribution in [0.2, 0.25) is 0 Å². The molecule has 1 aromatic rings. The van der Waals surface area contributed by atoms with Crippen molar-refractivity contribution in [1.29, 1.82) is 0 Å². The van der Waals surface area contributed by atoms with Gasteiger partial charge >= 0.3 is 5.97 Å². The molecule has 0 aromatic heterocycles. The van der Waals surface area contributed by atoms with E-state index in [1.54, 1.807) is 0 Å². The zero-order valence-corrected chi connectivity index (χ0v) is 15.2. The van der Waals surface area contributed by atoms with Crippen LogP contribution in [0.5, 0.6) is 5.75 Å². The summed E-state index contributed by atoms with van der Waals surface area (Å²) < 4.78 is 5.63. The molecule has 0 radical (unpaired) electrons. The van der Waals surface area contributed by atoms with E-state index >= 15 is 0 Å². The van der Waals surface area contributed by atoms with Gasteiger partial charge in [0.2, 0.25) is 0 Å². The predicted octanol–water partition coefficient (Wildman–Crippen LogP) is 2.02. The van der Waals surface area contributed by atoms with Crippen LogP contribution < -0.4 is 4.74 Å². The maximum absolute atomic E-state index is 13.1. The Morgan fingerprint density at radius 3 is 2.88 bits per heavy atom. The number of rotatable bonds is 2. The third-order valence-corrected chi connectivity index (χ3v) is 6.39. The van der Waals surface area contributed by atoms with Gasteiger partial charge in [-0.2, -0.15) is 0 Å². The lowest BCUT2D eigenvalue weighted by molar-refractivity contribution is -0.161. The summed E-state index contributed by atoms with van der Waals surface area (Å²) in [5.41, 5.74) is 1.05. The van der Waals surface area contributed by atoms with E-state index in [1.807, 2.05) is 30.1 Å². The van der Waals surface area contributed by atoms with Crippen LogP contribution in [0.3, 0.4) is 0 Å². The van der Waals surface area contributed by atoms with E-state index in [-0.39, 0.29) is 11.9 Å². The average molecular weight is 358 g/mol. The van der Waals surface area contributed by atoms with E-state index in [0.717, 1.165) is 43.7 Å². The molecule has 140 valence electrons. The Labute approximate surface area is 153 Å². The van der Waals surface area contributed by atoms with Crippen molar-refractivity contribution in [2.75, 3.05) is 33.3 Å². The molecule has 2 saturated heterocycles. The number of carboxylic acids is 1. The number of piperidine rings is 2. The fourth-order valence-electron chi connectivity index (χ4n) is 4.85. The SMILES string of the molecule is CN1CCC[C@]2(C(=O)O)CCN(C(=O)c3ccc4c(c3)CCCO4)C[C@H]12. The topological polar surface area (TPSA) is 70.1 Å². The first-order chi connectivity index (χ1) is 12.5. The molecule has 3 aliphatic heterocycles. The summed E-state index contributed by atoms with van der Waals surface area (Å²) >= 11 is 0. The predicted molar refractivity (Wildman–Crippen MR) is 96.5 cm³/mol. The zero-order valence-electron chi connectivity index (χ0n) is 15.2. The van der Waals surface area contributed by atoms with Gasteiger partial charge in [-0.25, -0.2) is 0 Å². The van der Waals surface area contributed by atoms with Gasteiger partial charge in [0.1, 0.15) is 5.75 Å². The monoisotopic (exact) mass is 358 g/mol. The maximum Gasteiger partial charge on any atom is 0.311 e. The first kappa shape index (κ1) is 17.3. The van der Waals surface area contributed by atoms with E-state index in [2.05, 4.69) is 4.90 Å². The number of nitrogens with zero attached hydrogens (tertiary/aromatic N) is 2. The van der Waals surface area contributed by atoms with Crippen LogP contribution in [0.15, 0.2) is 18.2 Å². The lowest BCUT2D eigenvalue weighted by Crippen LogP contribution is -2.63. The van der Waals surface area contributed by atoms with E-state index in [1.165, 1.54) is 0 Å². The number of amides is 1. The third-order valence-electron chi connectivity index (χ3n) is 6.39. The summed E-state index contributed by atoms with van der Waals surface area (Å²) in [4.78, 5) is 29.0. The molecule has 0 spiro atoms. The Morgan fingerprint density at radius 1 is 1.23 bits per heavy atom. The first-order valence-electron chi connectivity index (χ1n) is 9.50. The molecule has 3 heterocycles. The van der Waals surface area contributed by atoms with Gasteiger partial charge in [-0.1, -0.05) is 0 Å². The molecule has 26 heavy (non-hydrogen) atoms. The highest BCUT2D eigenvalue weighted by atomic mass is 16.5. The Hall–Kier alpha value is -2.08. The van der Waals surface area contributed by atoms with E-state index in [4.69, 9.17) is 4.74 Å². The highest BCUT2D eigenvalue weighted by molar-refractivity contribution is 5.95. The van der Waals surface area contributed by atoms with Crippen molar-refractivity contribution in [3.63, 3.8) is 0 Å². The molecular formula is C20H26N2O4. The van der Waals surface area contributed by atoms with E-state index in [0.29, 0.717) is 31.5 Å². The number of carbonyl (C=O) groups excluding carboxylic acids is 1. The van der Waals surface area contributed by atoms with Crippen LogP contribution in [-0.4, -0.2) is 66.1 Å². The lowest BCUT2D eigenvalue weighted by Gasteiger charge is -2.51. The molecule has 6 nitrogen and oxygen atoms in total. The number of hydrogen-bond acceptors (Lipinski definition) is 4. The molecule has 1 aromatic carbocycles. The minimum atomic E-state index is -0.716. The van der Waals surface area contributed by atoms with Gasteiger partial charge in [0.25, 0.3) is 5.91 Å². The van der Waals surface area contributed by atoms with Crippen molar-refractivity contribution in [2.45, 2.75) is 38.1 Å². The smallest absolute Gasteiger partial charge is 0.311 e. The van der Waals surface area contributed by atoms with Gasteiger partial charge in [-0.15, -0.1) is 0 Å². The second kappa shape index (κ2) is 6.58. The van der Waals surface area contributed by atoms with Crippen LogP contribution in [0, 0.1) is 5.41 Å². The number of carboxylic acid groups (broad SMARTS) is 1. The van der Waals surface area contributed by atoms with Gasteiger partial charge in [-0.3, -0.25) is 9.59 Å². The molecule has 6 heteroatoms. The Kier molecular flexibility index (Phi) is 4.39. The number of benzene rings is 1. The Morgan fingerprint density at radius 2 is 2.08 bits per heavy atom. The van der Waals surface area contributed by atoms with E-state index < -0.39 is 11.4 Å². The number of aryl methyl sites for hydroxylation is 1. The summed E-state index contributed by atoms with van der Waals surface area (Å²) in [7, 11) is 1.98. The van der Waals surface area contributed by atoms with Gasteiger partial charge in [-0.05, 0) is 69.5 Å². The normalized spacial score (nSPS) is 28.7. The molecule has 1 amide bonds. The van der Waals surface area contributed by atoms with Crippen molar-refractivity contribution < 1.29 is 19.4 Å². The standard InChI is InChI=1S/C20H26N2O4/c1-21-9-3-7-20(19(24)25)8-10-22(13-17(20)21)18(23)15-5-6-16-14(12-15)4-2-11-26-16/h5-6,12,17H,2-4,7-11,13H2,1H3,(H,24,25)/t17-,20-/m0/s1. The number of likely N-dealkylation sites (N-methyl/N-ethyl adjacent to an activating group) is 1. The summed E-state index contributed by atoms with van der Waals surface area (Å²) in [5.74, 6) is 0.159. The quantitative estimate of drug-likeness (QED) is 0.876. The fraction of sp³-hybridized carbons (Fsp3) is 0.600. The summed E-state index contributed by atoms with van der Waals surface area (Å²) in [6.45, 7) is 2.61. The Balaban J connectivity index is 1.56. The number of carbonyl (C=O) groups is 2. The molecule has 0 saturated carbocycles. The van der Waals surface area contributed by atoms with Crippen molar-refractivity contribution in [1.82, 2.24) is 9.80 Å². The molecule has 1 N–H and O–H groups in total. The van der Waals surface area contributed by atoms with Crippen LogP contribution >= 0.6 is 0 Å². The van der Waals surface area contributed by atoms with Crippen LogP contribution in [-0.2, 0) is 11.2 Å². The van der Waals surface area contributed by atoms with Crippen molar-refractivity contribution in [2.24, 2.45) is 5.41 Å². The minimum absolute atomic E-state index is 0.00339. The fourth-order valence-corrected chi connectivity index (χ4v) is 4.85. The molecule has 0 bridgehead atoms. The van der Waals surface area contributed by atoms with Gasteiger partial charge in [0, 0.05) is 24.7 Å². The van der Waals surface area contributed by atoms with Crippen molar-refractivity contribution in [3.05, 3.63) is 29.3 Å². The number of hydrogen-bond donors (Lipinski definition) is 1. The van der Waals surface area contributed by atoms with Gasteiger partial charge in [0.15, 0.2) is 0 Å².